The third-order valence-electron chi connectivity index (χ3n) is 10.9. The van der Waals surface area contributed by atoms with Gasteiger partial charge in [-0.3, -0.25) is 0 Å². The zero-order valence-corrected chi connectivity index (χ0v) is 31.9. The number of nitrogens with zero attached hydrogens (tertiary/aromatic N) is 3. The molecule has 4 nitrogen and oxygen atoms in total. The number of furan rings is 1. The van der Waals surface area contributed by atoms with Crippen LogP contribution in [0.15, 0.2) is 180 Å². The smallest absolute Gasteiger partial charge is 0.164 e. The fraction of sp³-hybridized carbons (Fsp3) is 0. The molecule has 12 rings (SSSR count). The van der Waals surface area contributed by atoms with Crippen LogP contribution in [0.4, 0.5) is 0 Å². The Morgan fingerprint density at radius 2 is 0.877 bits per heavy atom. The molecule has 57 heavy (non-hydrogen) atoms. The van der Waals surface area contributed by atoms with Gasteiger partial charge in [-0.2, -0.15) is 0 Å². The Bertz CT molecular complexity index is 3470. The lowest BCUT2D eigenvalue weighted by molar-refractivity contribution is 0.670. The third kappa shape index (κ3) is 5.15. The fourth-order valence-electron chi connectivity index (χ4n) is 8.33. The molecule has 6 heteroatoms. The van der Waals surface area contributed by atoms with Crippen LogP contribution in [0, 0.1) is 0 Å². The van der Waals surface area contributed by atoms with Crippen molar-refractivity contribution >= 4 is 85.0 Å². The number of fused-ring (bicyclic) bond motifs is 9. The van der Waals surface area contributed by atoms with Crippen molar-refractivity contribution in [1.29, 1.82) is 0 Å². The predicted octanol–water partition coefficient (Wildman–Crippen LogP) is 14.8. The summed E-state index contributed by atoms with van der Waals surface area (Å²) >= 11 is 3.71. The Kier molecular flexibility index (Phi) is 7.24. The molecule has 266 valence electrons. The lowest BCUT2D eigenvalue weighted by Gasteiger charge is -2.11. The number of hydrogen-bond acceptors (Lipinski definition) is 6. The van der Waals surface area contributed by atoms with Crippen LogP contribution >= 0.6 is 22.7 Å². The molecule has 0 saturated heterocycles. The van der Waals surface area contributed by atoms with E-state index < -0.39 is 0 Å². The van der Waals surface area contributed by atoms with E-state index in [4.69, 9.17) is 19.4 Å². The molecule has 0 saturated carbocycles. The lowest BCUT2D eigenvalue weighted by Crippen LogP contribution is -2.00. The standard InChI is InChI=1S/C51H29N3OS2/c1-3-14-30(15-4-1)49-52-50(31-16-5-2-6-17-31)54-51(53-49)39-24-13-25-42-45(39)38-23-12-21-36(46(38)55-42)41-29-32(28-40-35-19-8-10-27-44(35)57-48(40)41)33-20-11-22-37-34-18-7-9-26-43(34)56-47(33)37/h1-29H. The minimum atomic E-state index is 0.603. The highest BCUT2D eigenvalue weighted by atomic mass is 32.1. The van der Waals surface area contributed by atoms with Crippen molar-refractivity contribution in [2.45, 2.75) is 0 Å². The molecule has 0 aliphatic rings. The summed E-state index contributed by atoms with van der Waals surface area (Å²) < 4.78 is 12.1. The van der Waals surface area contributed by atoms with Crippen LogP contribution in [-0.2, 0) is 0 Å². The summed E-state index contributed by atoms with van der Waals surface area (Å²) in [4.78, 5) is 15.2. The van der Waals surface area contributed by atoms with Crippen LogP contribution in [0.1, 0.15) is 0 Å². The quantitative estimate of drug-likeness (QED) is 0.175. The van der Waals surface area contributed by atoms with Gasteiger partial charge in [-0.1, -0.05) is 146 Å². The van der Waals surface area contributed by atoms with Crippen molar-refractivity contribution in [3.63, 3.8) is 0 Å². The Morgan fingerprint density at radius 1 is 0.351 bits per heavy atom. The van der Waals surface area contributed by atoms with Crippen molar-refractivity contribution < 1.29 is 4.42 Å². The summed E-state index contributed by atoms with van der Waals surface area (Å²) in [6, 6.07) is 61.9. The van der Waals surface area contributed by atoms with Gasteiger partial charge in [0.2, 0.25) is 0 Å². The van der Waals surface area contributed by atoms with Gasteiger partial charge < -0.3 is 4.42 Å². The average molecular weight is 764 g/mol. The fourth-order valence-corrected chi connectivity index (χ4v) is 10.8. The van der Waals surface area contributed by atoms with E-state index in [2.05, 4.69) is 103 Å². The Hall–Kier alpha value is -6.99. The number of hydrogen-bond donors (Lipinski definition) is 0. The van der Waals surface area contributed by atoms with Gasteiger partial charge in [-0.15, -0.1) is 22.7 Å². The van der Waals surface area contributed by atoms with Crippen LogP contribution in [0.3, 0.4) is 0 Å². The van der Waals surface area contributed by atoms with Crippen molar-refractivity contribution in [2.75, 3.05) is 0 Å². The second-order valence-corrected chi connectivity index (χ2v) is 16.4. The first kappa shape index (κ1) is 32.3. The minimum Gasteiger partial charge on any atom is -0.455 e. The molecule has 4 aromatic heterocycles. The Labute approximate surface area is 335 Å². The second-order valence-electron chi connectivity index (χ2n) is 14.3. The molecule has 0 fully saturated rings. The average Bonchev–Trinajstić information content (AvgIpc) is 3.98. The van der Waals surface area contributed by atoms with Gasteiger partial charge in [0.15, 0.2) is 17.5 Å². The molecule has 8 aromatic carbocycles. The zero-order chi connectivity index (χ0) is 37.5. The van der Waals surface area contributed by atoms with Crippen molar-refractivity contribution in [3.05, 3.63) is 176 Å². The van der Waals surface area contributed by atoms with E-state index >= 15 is 0 Å². The van der Waals surface area contributed by atoms with Gasteiger partial charge in [0.1, 0.15) is 11.2 Å². The van der Waals surface area contributed by atoms with Crippen LogP contribution in [0.25, 0.3) is 119 Å². The van der Waals surface area contributed by atoms with E-state index in [1.807, 2.05) is 95.5 Å². The van der Waals surface area contributed by atoms with Crippen LogP contribution in [0.2, 0.25) is 0 Å². The molecule has 0 unspecified atom stereocenters. The highest BCUT2D eigenvalue weighted by Crippen LogP contribution is 2.48. The molecule has 0 amide bonds. The van der Waals surface area contributed by atoms with Crippen molar-refractivity contribution in [2.24, 2.45) is 0 Å². The van der Waals surface area contributed by atoms with E-state index in [0.717, 1.165) is 49.8 Å². The van der Waals surface area contributed by atoms with Crippen molar-refractivity contribution in [1.82, 2.24) is 15.0 Å². The first-order chi connectivity index (χ1) is 28.2. The maximum absolute atomic E-state index is 6.94. The predicted molar refractivity (Wildman–Crippen MR) is 240 cm³/mol. The Morgan fingerprint density at radius 3 is 1.58 bits per heavy atom. The maximum atomic E-state index is 6.94. The molecule has 0 spiro atoms. The summed E-state index contributed by atoms with van der Waals surface area (Å²) in [7, 11) is 0. The molecule has 4 heterocycles. The number of benzene rings is 8. The molecule has 0 aliphatic heterocycles. The molecule has 0 atom stereocenters. The number of thiophene rings is 2. The summed E-state index contributed by atoms with van der Waals surface area (Å²) in [5.41, 5.74) is 9.05. The van der Waals surface area contributed by atoms with E-state index in [1.165, 1.54) is 51.5 Å². The van der Waals surface area contributed by atoms with Crippen LogP contribution < -0.4 is 0 Å². The number of rotatable bonds is 5. The highest BCUT2D eigenvalue weighted by Gasteiger charge is 2.22. The molecular weight excluding hydrogens is 735 g/mol. The SMILES string of the molecule is c1ccc(-c2nc(-c3ccccc3)nc(-c3cccc4oc5c(-c6cc(-c7cccc8c7sc7ccccc78)cc7c6sc6ccccc67)cccc5c34)n2)cc1. The Balaban J connectivity index is 1.11. The monoisotopic (exact) mass is 763 g/mol. The lowest BCUT2D eigenvalue weighted by atomic mass is 9.94. The molecular formula is C51H29N3OS2. The number of para-hydroxylation sites is 1. The van der Waals surface area contributed by atoms with Gasteiger partial charge >= 0.3 is 0 Å². The summed E-state index contributed by atoms with van der Waals surface area (Å²) in [6.45, 7) is 0. The molecule has 0 N–H and O–H groups in total. The number of aromatic nitrogens is 3. The largest absolute Gasteiger partial charge is 0.455 e. The first-order valence-electron chi connectivity index (χ1n) is 18.9. The van der Waals surface area contributed by atoms with Crippen LogP contribution in [0.5, 0.6) is 0 Å². The normalized spacial score (nSPS) is 11.9. The highest BCUT2D eigenvalue weighted by molar-refractivity contribution is 7.26. The van der Waals surface area contributed by atoms with Gasteiger partial charge in [0.25, 0.3) is 0 Å². The van der Waals surface area contributed by atoms with Gasteiger partial charge in [0, 0.05) is 78.9 Å². The van der Waals surface area contributed by atoms with E-state index in [-0.39, 0.29) is 0 Å². The van der Waals surface area contributed by atoms with E-state index in [0.29, 0.717) is 17.5 Å². The third-order valence-corrected chi connectivity index (χ3v) is 13.4. The molecule has 12 aromatic rings. The van der Waals surface area contributed by atoms with E-state index in [9.17, 15) is 0 Å². The summed E-state index contributed by atoms with van der Waals surface area (Å²) in [5, 5.41) is 7.11. The molecule has 0 aliphatic carbocycles. The first-order valence-corrected chi connectivity index (χ1v) is 20.6. The van der Waals surface area contributed by atoms with Gasteiger partial charge in [0.05, 0.1) is 0 Å². The van der Waals surface area contributed by atoms with Crippen LogP contribution in [-0.4, -0.2) is 15.0 Å². The molecule has 0 bridgehead atoms. The van der Waals surface area contributed by atoms with Crippen molar-refractivity contribution in [3.8, 4) is 56.4 Å². The summed E-state index contributed by atoms with van der Waals surface area (Å²) in [5.74, 6) is 1.86. The molecule has 0 radical (unpaired) electrons. The maximum Gasteiger partial charge on any atom is 0.164 e. The zero-order valence-electron chi connectivity index (χ0n) is 30.3. The topological polar surface area (TPSA) is 51.8 Å². The second kappa shape index (κ2) is 12.8. The van der Waals surface area contributed by atoms with Gasteiger partial charge in [-0.25, -0.2) is 15.0 Å². The minimum absolute atomic E-state index is 0.603. The van der Waals surface area contributed by atoms with E-state index in [1.54, 1.807) is 0 Å². The van der Waals surface area contributed by atoms with Gasteiger partial charge in [-0.05, 0) is 41.5 Å². The summed E-state index contributed by atoms with van der Waals surface area (Å²) in [6.07, 6.45) is 0.